The molecular weight excluding hydrogens is 189 g/mol. The Labute approximate surface area is 81.9 Å². The summed E-state index contributed by atoms with van der Waals surface area (Å²) in [6.07, 6.45) is 0.429. The molecule has 0 spiro atoms. The first-order chi connectivity index (χ1) is 6.43. The minimum Gasteiger partial charge on any atom is -0.481 e. The monoisotopic (exact) mass is 203 g/mol. The maximum atomic E-state index is 10.7. The third-order valence-electron chi connectivity index (χ3n) is 1.84. The van der Waals surface area contributed by atoms with Crippen molar-refractivity contribution in [3.63, 3.8) is 0 Å². The van der Waals surface area contributed by atoms with E-state index in [1.165, 1.54) is 0 Å². The Morgan fingerprint density at radius 3 is 2.29 bits per heavy atom. The minimum atomic E-state index is -1.42. The fraction of sp³-hybridized carbons (Fsp3) is 0.714. The molecule has 0 bridgehead atoms. The van der Waals surface area contributed by atoms with E-state index in [2.05, 4.69) is 0 Å². The number of carbonyl (C=O) groups excluding carboxylic acids is 1. The second-order valence-electron chi connectivity index (χ2n) is 3.11. The van der Waals surface area contributed by atoms with Crippen molar-refractivity contribution in [2.75, 3.05) is 0 Å². The number of carbonyl (C=O) groups is 2. The van der Waals surface area contributed by atoms with Crippen LogP contribution in [-0.2, 0) is 9.59 Å². The first kappa shape index (κ1) is 12.9. The molecule has 0 aromatic heterocycles. The van der Waals surface area contributed by atoms with E-state index >= 15 is 0 Å². The van der Waals surface area contributed by atoms with Gasteiger partial charge in [0.15, 0.2) is 0 Å². The smallest absolute Gasteiger partial charge is 0.451 e. The van der Waals surface area contributed by atoms with Crippen LogP contribution in [-0.4, -0.2) is 34.1 Å². The Bertz CT molecular complexity index is 208. The number of hydrogen-bond acceptors (Lipinski definition) is 4. The molecule has 0 aliphatic carbocycles. The van der Waals surface area contributed by atoms with E-state index in [1.54, 1.807) is 0 Å². The molecular formula is C7H14BNO5. The molecule has 0 fully saturated rings. The molecule has 0 heterocycles. The first-order valence-electron chi connectivity index (χ1n) is 4.30. The molecule has 0 radical (unpaired) electrons. The summed E-state index contributed by atoms with van der Waals surface area (Å²) in [5.41, 5.74) is 4.97. The van der Waals surface area contributed by atoms with Crippen LogP contribution in [0.25, 0.3) is 0 Å². The predicted octanol–water partition coefficient (Wildman–Crippen LogP) is -1.18. The lowest BCUT2D eigenvalue weighted by molar-refractivity contribution is -0.140. The van der Waals surface area contributed by atoms with Crippen molar-refractivity contribution < 1.29 is 24.7 Å². The van der Waals surface area contributed by atoms with E-state index in [0.29, 0.717) is 6.42 Å². The van der Waals surface area contributed by atoms with Crippen molar-refractivity contribution in [3.05, 3.63) is 0 Å². The van der Waals surface area contributed by atoms with Gasteiger partial charge >= 0.3 is 13.1 Å². The lowest BCUT2D eigenvalue weighted by atomic mass is 9.82. The third kappa shape index (κ3) is 6.44. The number of amides is 1. The van der Waals surface area contributed by atoms with Crippen LogP contribution >= 0.6 is 0 Å². The van der Waals surface area contributed by atoms with Gasteiger partial charge in [-0.2, -0.15) is 0 Å². The van der Waals surface area contributed by atoms with Gasteiger partial charge in [-0.15, -0.1) is 0 Å². The summed E-state index contributed by atoms with van der Waals surface area (Å²) in [5, 5.41) is 25.5. The average Bonchev–Trinajstić information content (AvgIpc) is 2.00. The molecule has 6 nitrogen and oxygen atoms in total. The lowest BCUT2D eigenvalue weighted by Crippen LogP contribution is -2.26. The molecule has 0 saturated carbocycles. The Morgan fingerprint density at radius 1 is 1.36 bits per heavy atom. The Morgan fingerprint density at radius 2 is 1.93 bits per heavy atom. The molecule has 0 aromatic rings. The van der Waals surface area contributed by atoms with Crippen LogP contribution < -0.4 is 5.73 Å². The molecule has 0 unspecified atom stereocenters. The van der Waals surface area contributed by atoms with Crippen molar-refractivity contribution >= 4 is 19.0 Å². The number of carboxylic acid groups (broad SMARTS) is 1. The normalized spacial score (nSPS) is 12.1. The first-order valence-corrected chi connectivity index (χ1v) is 4.30. The zero-order valence-corrected chi connectivity index (χ0v) is 7.72. The van der Waals surface area contributed by atoms with Gasteiger partial charge in [0.05, 0.1) is 6.42 Å². The molecule has 0 rings (SSSR count). The van der Waals surface area contributed by atoms with E-state index in [4.69, 9.17) is 20.9 Å². The number of carboxylic acids is 1. The second-order valence-corrected chi connectivity index (χ2v) is 3.11. The van der Waals surface area contributed by atoms with Gasteiger partial charge in [-0.1, -0.05) is 6.42 Å². The highest BCUT2D eigenvalue weighted by Gasteiger charge is 2.19. The number of rotatable bonds is 7. The summed E-state index contributed by atoms with van der Waals surface area (Å²) in [5.74, 6) is -2.48. The van der Waals surface area contributed by atoms with Crippen molar-refractivity contribution in [1.29, 1.82) is 0 Å². The molecule has 5 N–H and O–H groups in total. The lowest BCUT2D eigenvalue weighted by Gasteiger charge is -2.09. The largest absolute Gasteiger partial charge is 0.481 e. The fourth-order valence-corrected chi connectivity index (χ4v) is 1.10. The van der Waals surface area contributed by atoms with Gasteiger partial charge in [-0.25, -0.2) is 0 Å². The number of nitrogens with two attached hydrogens (primary N) is 1. The Balaban J connectivity index is 3.86. The number of hydrogen-bond donors (Lipinski definition) is 4. The summed E-state index contributed by atoms with van der Waals surface area (Å²) in [6.45, 7) is 0. The van der Waals surface area contributed by atoms with Gasteiger partial charge in [-0.05, 0) is 12.7 Å². The summed E-state index contributed by atoms with van der Waals surface area (Å²) < 4.78 is 0. The SMILES string of the molecule is NC(=O)[C@@H](CCCB(O)O)CC(=O)O. The van der Waals surface area contributed by atoms with Crippen molar-refractivity contribution in [2.45, 2.75) is 25.6 Å². The van der Waals surface area contributed by atoms with E-state index < -0.39 is 24.9 Å². The number of aliphatic carboxylic acids is 1. The molecule has 1 amide bonds. The van der Waals surface area contributed by atoms with Crippen molar-refractivity contribution in [2.24, 2.45) is 11.7 Å². The average molecular weight is 203 g/mol. The van der Waals surface area contributed by atoms with Gasteiger partial charge in [0, 0.05) is 5.92 Å². The molecule has 0 saturated heterocycles. The Kier molecular flexibility index (Phi) is 5.90. The van der Waals surface area contributed by atoms with E-state index in [0.717, 1.165) is 0 Å². The fourth-order valence-electron chi connectivity index (χ4n) is 1.10. The highest BCUT2D eigenvalue weighted by Crippen LogP contribution is 2.13. The van der Waals surface area contributed by atoms with Crippen molar-refractivity contribution in [1.82, 2.24) is 0 Å². The maximum absolute atomic E-state index is 10.7. The zero-order chi connectivity index (χ0) is 11.1. The highest BCUT2D eigenvalue weighted by atomic mass is 16.4. The van der Waals surface area contributed by atoms with Gasteiger partial charge in [0.25, 0.3) is 0 Å². The van der Waals surface area contributed by atoms with Crippen LogP contribution in [0.5, 0.6) is 0 Å². The molecule has 0 aliphatic heterocycles. The quantitative estimate of drug-likeness (QED) is 0.388. The van der Waals surface area contributed by atoms with Crippen LogP contribution in [0.1, 0.15) is 19.3 Å². The van der Waals surface area contributed by atoms with E-state index in [9.17, 15) is 9.59 Å². The van der Waals surface area contributed by atoms with Crippen LogP contribution in [0.2, 0.25) is 6.32 Å². The van der Waals surface area contributed by atoms with Gasteiger partial charge in [-0.3, -0.25) is 9.59 Å². The van der Waals surface area contributed by atoms with E-state index in [1.807, 2.05) is 0 Å². The topological polar surface area (TPSA) is 121 Å². The maximum Gasteiger partial charge on any atom is 0.451 e. The number of primary amides is 1. The van der Waals surface area contributed by atoms with Crippen molar-refractivity contribution in [3.8, 4) is 0 Å². The van der Waals surface area contributed by atoms with E-state index in [-0.39, 0.29) is 19.2 Å². The highest BCUT2D eigenvalue weighted by molar-refractivity contribution is 6.40. The summed E-state index contributed by atoms with van der Waals surface area (Å²) >= 11 is 0. The third-order valence-corrected chi connectivity index (χ3v) is 1.84. The van der Waals surface area contributed by atoms with Crippen LogP contribution in [0, 0.1) is 5.92 Å². The zero-order valence-electron chi connectivity index (χ0n) is 7.72. The van der Waals surface area contributed by atoms with Gasteiger partial charge in [0.2, 0.25) is 5.91 Å². The second kappa shape index (κ2) is 6.39. The summed E-state index contributed by atoms with van der Waals surface area (Å²) in [4.78, 5) is 21.0. The minimum absolute atomic E-state index is 0.114. The van der Waals surface area contributed by atoms with Gasteiger partial charge < -0.3 is 20.9 Å². The van der Waals surface area contributed by atoms with Crippen LogP contribution in [0.3, 0.4) is 0 Å². The van der Waals surface area contributed by atoms with Gasteiger partial charge in [0.1, 0.15) is 0 Å². The standard InChI is InChI=1S/C7H14BNO5/c9-7(12)5(4-6(10)11)2-1-3-8(13)14/h5,13-14H,1-4H2,(H2,9,12)(H,10,11)/t5-/m0/s1. The van der Waals surface area contributed by atoms with Crippen LogP contribution in [0.15, 0.2) is 0 Å². The Hall–Kier alpha value is -1.08. The molecule has 14 heavy (non-hydrogen) atoms. The molecule has 0 aliphatic rings. The molecule has 80 valence electrons. The summed E-state index contributed by atoms with van der Waals surface area (Å²) in [7, 11) is -1.42. The molecule has 1 atom stereocenters. The van der Waals surface area contributed by atoms with Crippen LogP contribution in [0.4, 0.5) is 0 Å². The molecule has 7 heteroatoms. The molecule has 0 aromatic carbocycles. The summed E-state index contributed by atoms with van der Waals surface area (Å²) in [6, 6.07) is 0. The predicted molar refractivity (Wildman–Crippen MR) is 49.2 cm³/mol.